The Balaban J connectivity index is 2.16. The number of hydrogen-bond donors (Lipinski definition) is 1. The summed E-state index contributed by atoms with van der Waals surface area (Å²) in [5.41, 5.74) is 0.0599. The van der Waals surface area contributed by atoms with Gasteiger partial charge in [-0.15, -0.1) is 11.3 Å². The van der Waals surface area contributed by atoms with Crippen molar-refractivity contribution < 1.29 is 22.9 Å². The molecule has 0 aliphatic heterocycles. The van der Waals surface area contributed by atoms with Crippen LogP contribution >= 0.6 is 11.3 Å². The van der Waals surface area contributed by atoms with E-state index in [0.29, 0.717) is 18.2 Å². The van der Waals surface area contributed by atoms with Crippen molar-refractivity contribution in [1.29, 1.82) is 0 Å². The van der Waals surface area contributed by atoms with Crippen LogP contribution < -0.4 is 5.32 Å². The zero-order valence-corrected chi connectivity index (χ0v) is 11.6. The quantitative estimate of drug-likeness (QED) is 0.518. The van der Waals surface area contributed by atoms with Gasteiger partial charge in [-0.25, -0.2) is 13.8 Å². The van der Waals surface area contributed by atoms with Crippen molar-refractivity contribution in [2.75, 3.05) is 6.54 Å². The molecular formula is C12H8F3N3O3S. The van der Waals surface area contributed by atoms with E-state index in [1.807, 2.05) is 0 Å². The molecule has 0 fully saturated rings. The van der Waals surface area contributed by atoms with Crippen LogP contribution in [0.4, 0.5) is 18.9 Å². The molecule has 1 N–H and O–H groups in total. The molecule has 0 aliphatic rings. The van der Waals surface area contributed by atoms with Gasteiger partial charge in [0.15, 0.2) is 5.82 Å². The zero-order chi connectivity index (χ0) is 16.3. The Morgan fingerprint density at radius 1 is 1.32 bits per heavy atom. The number of nitrogens with one attached hydrogen (secondary N) is 1. The molecule has 0 unspecified atom stereocenters. The molecule has 0 spiro atoms. The summed E-state index contributed by atoms with van der Waals surface area (Å²) in [6.45, 7) is 0.0643. The van der Waals surface area contributed by atoms with Crippen LogP contribution in [0.5, 0.6) is 0 Å². The third-order valence-corrected chi connectivity index (χ3v) is 3.35. The smallest absolute Gasteiger partial charge is 0.308 e. The highest BCUT2D eigenvalue weighted by atomic mass is 32.1. The second kappa shape index (κ2) is 6.52. The number of amides is 1. The summed E-state index contributed by atoms with van der Waals surface area (Å²) >= 11 is 1.36. The van der Waals surface area contributed by atoms with Crippen molar-refractivity contribution in [2.45, 2.75) is 6.42 Å². The van der Waals surface area contributed by atoms with Gasteiger partial charge in [-0.1, -0.05) is 0 Å². The van der Waals surface area contributed by atoms with E-state index in [1.165, 1.54) is 11.3 Å². The number of carbonyl (C=O) groups excluding carboxylic acids is 1. The number of carbonyl (C=O) groups is 1. The van der Waals surface area contributed by atoms with E-state index in [9.17, 15) is 28.1 Å². The molecule has 116 valence electrons. The average Bonchev–Trinajstić information content (AvgIpc) is 2.97. The molecule has 6 nitrogen and oxygen atoms in total. The number of nitrogens with zero attached hydrogens (tertiary/aromatic N) is 2. The van der Waals surface area contributed by atoms with Gasteiger partial charge in [-0.05, 0) is 0 Å². The highest BCUT2D eigenvalue weighted by molar-refractivity contribution is 7.07. The van der Waals surface area contributed by atoms with Crippen molar-refractivity contribution in [3.05, 3.63) is 55.8 Å². The minimum Gasteiger partial charge on any atom is -0.352 e. The number of halogens is 3. The molecule has 1 aromatic heterocycles. The predicted molar refractivity (Wildman–Crippen MR) is 71.1 cm³/mol. The van der Waals surface area contributed by atoms with E-state index < -0.39 is 39.5 Å². The maximum absolute atomic E-state index is 13.5. The number of benzene rings is 1. The third kappa shape index (κ3) is 3.22. The average molecular weight is 331 g/mol. The standard InChI is InChI=1S/C12H8F3N3O3S/c13-9-7(3-8(18(20)21)10(14)11(9)15)12(19)16-2-1-6-4-22-5-17-6/h3-5H,1-2H2,(H,16,19). The van der Waals surface area contributed by atoms with E-state index in [-0.39, 0.29) is 6.54 Å². The molecule has 1 heterocycles. The molecule has 1 aromatic carbocycles. The fourth-order valence-electron chi connectivity index (χ4n) is 1.65. The predicted octanol–water partition coefficient (Wildman–Crippen LogP) is 2.44. The number of thiazole rings is 1. The molecule has 0 aliphatic carbocycles. The summed E-state index contributed by atoms with van der Waals surface area (Å²) < 4.78 is 40.0. The van der Waals surface area contributed by atoms with Crippen LogP contribution in [-0.2, 0) is 6.42 Å². The molecule has 0 saturated carbocycles. The normalized spacial score (nSPS) is 10.5. The Morgan fingerprint density at radius 3 is 2.64 bits per heavy atom. The maximum Gasteiger partial charge on any atom is 0.308 e. The van der Waals surface area contributed by atoms with Gasteiger partial charge in [0, 0.05) is 24.4 Å². The third-order valence-electron chi connectivity index (χ3n) is 2.72. The van der Waals surface area contributed by atoms with E-state index in [4.69, 9.17) is 0 Å². The lowest BCUT2D eigenvalue weighted by atomic mass is 10.1. The Labute approximate surface area is 125 Å². The van der Waals surface area contributed by atoms with Crippen LogP contribution in [0, 0.1) is 27.6 Å². The molecule has 0 atom stereocenters. The van der Waals surface area contributed by atoms with Crippen LogP contribution in [-0.4, -0.2) is 22.4 Å². The maximum atomic E-state index is 13.5. The summed E-state index contributed by atoms with van der Waals surface area (Å²) in [5, 5.41) is 14.6. The lowest BCUT2D eigenvalue weighted by Gasteiger charge is -2.06. The van der Waals surface area contributed by atoms with Crippen molar-refractivity contribution in [1.82, 2.24) is 10.3 Å². The second-order valence-electron chi connectivity index (χ2n) is 4.13. The molecule has 0 saturated heterocycles. The van der Waals surface area contributed by atoms with E-state index in [2.05, 4.69) is 10.3 Å². The van der Waals surface area contributed by atoms with Crippen LogP contribution in [0.15, 0.2) is 17.0 Å². The van der Waals surface area contributed by atoms with Crippen LogP contribution in [0.3, 0.4) is 0 Å². The van der Waals surface area contributed by atoms with Crippen LogP contribution in [0.1, 0.15) is 16.1 Å². The van der Waals surface area contributed by atoms with E-state index in [1.54, 1.807) is 10.9 Å². The number of hydrogen-bond acceptors (Lipinski definition) is 5. The largest absolute Gasteiger partial charge is 0.352 e. The van der Waals surface area contributed by atoms with Gasteiger partial charge < -0.3 is 5.32 Å². The van der Waals surface area contributed by atoms with Gasteiger partial charge >= 0.3 is 5.69 Å². The lowest BCUT2D eigenvalue weighted by Crippen LogP contribution is -2.27. The summed E-state index contributed by atoms with van der Waals surface area (Å²) in [4.78, 5) is 25.0. The number of nitro groups is 1. The van der Waals surface area contributed by atoms with Gasteiger partial charge in [-0.3, -0.25) is 14.9 Å². The molecule has 2 aromatic rings. The molecular weight excluding hydrogens is 323 g/mol. The molecule has 0 bridgehead atoms. The highest BCUT2D eigenvalue weighted by Gasteiger charge is 2.28. The molecule has 22 heavy (non-hydrogen) atoms. The van der Waals surface area contributed by atoms with Gasteiger partial charge in [0.25, 0.3) is 5.91 Å². The zero-order valence-electron chi connectivity index (χ0n) is 10.8. The van der Waals surface area contributed by atoms with Gasteiger partial charge in [-0.2, -0.15) is 4.39 Å². The first kappa shape index (κ1) is 15.9. The minimum atomic E-state index is -2.06. The van der Waals surface area contributed by atoms with Crippen molar-refractivity contribution >= 4 is 22.9 Å². The van der Waals surface area contributed by atoms with Crippen molar-refractivity contribution in [3.63, 3.8) is 0 Å². The summed E-state index contributed by atoms with van der Waals surface area (Å²) in [5.74, 6) is -6.84. The monoisotopic (exact) mass is 331 g/mol. The molecule has 0 radical (unpaired) electrons. The molecule has 2 rings (SSSR count). The van der Waals surface area contributed by atoms with Gasteiger partial charge in [0.2, 0.25) is 11.6 Å². The fraction of sp³-hybridized carbons (Fsp3) is 0.167. The second-order valence-corrected chi connectivity index (χ2v) is 4.85. The SMILES string of the molecule is O=C(NCCc1cscn1)c1cc([N+](=O)[O-])c(F)c(F)c1F. The fourth-order valence-corrected chi connectivity index (χ4v) is 2.24. The first-order valence-electron chi connectivity index (χ1n) is 5.89. The van der Waals surface area contributed by atoms with Crippen molar-refractivity contribution in [3.8, 4) is 0 Å². The number of nitro benzene ring substituents is 1. The highest BCUT2D eigenvalue weighted by Crippen LogP contribution is 2.25. The lowest BCUT2D eigenvalue weighted by molar-refractivity contribution is -0.387. The molecule has 10 heteroatoms. The topological polar surface area (TPSA) is 85.1 Å². The first-order chi connectivity index (χ1) is 10.4. The minimum absolute atomic E-state index is 0.0643. The van der Waals surface area contributed by atoms with Crippen LogP contribution in [0.25, 0.3) is 0 Å². The Hall–Kier alpha value is -2.49. The van der Waals surface area contributed by atoms with Gasteiger partial charge in [0.1, 0.15) is 0 Å². The summed E-state index contributed by atoms with van der Waals surface area (Å²) in [6.07, 6.45) is 0.350. The summed E-state index contributed by atoms with van der Waals surface area (Å²) in [7, 11) is 0. The Morgan fingerprint density at radius 2 is 2.05 bits per heavy atom. The molecule has 1 amide bonds. The Kier molecular flexibility index (Phi) is 4.71. The van der Waals surface area contributed by atoms with Crippen molar-refractivity contribution in [2.24, 2.45) is 0 Å². The van der Waals surface area contributed by atoms with E-state index in [0.717, 1.165) is 0 Å². The van der Waals surface area contributed by atoms with Crippen LogP contribution in [0.2, 0.25) is 0 Å². The first-order valence-corrected chi connectivity index (χ1v) is 6.83. The number of rotatable bonds is 5. The van der Waals surface area contributed by atoms with Gasteiger partial charge in [0.05, 0.1) is 21.7 Å². The number of aromatic nitrogens is 1. The van der Waals surface area contributed by atoms with E-state index >= 15 is 0 Å². The Bertz CT molecular complexity index is 722. The summed E-state index contributed by atoms with van der Waals surface area (Å²) in [6, 6.07) is 0.367.